The summed E-state index contributed by atoms with van der Waals surface area (Å²) >= 11 is 6.07. The first-order valence-corrected chi connectivity index (χ1v) is 8.73. The average molecular weight is 314 g/mol. The third-order valence-electron chi connectivity index (χ3n) is 3.98. The first-order chi connectivity index (χ1) is 10.1. The van der Waals surface area contributed by atoms with Gasteiger partial charge in [0, 0.05) is 11.1 Å². The maximum atomic E-state index is 13.2. The van der Waals surface area contributed by atoms with Crippen LogP contribution in [0.1, 0.15) is 82.7 Å². The first-order valence-electron chi connectivity index (χ1n) is 8.35. The van der Waals surface area contributed by atoms with Gasteiger partial charge < -0.3 is 5.73 Å². The molecule has 1 atom stereocenters. The van der Waals surface area contributed by atoms with Gasteiger partial charge in [0.15, 0.2) is 0 Å². The fraction of sp³-hybridized carbons (Fsp3) is 0.667. The number of hydrogen-bond acceptors (Lipinski definition) is 1. The highest BCUT2D eigenvalue weighted by Gasteiger charge is 2.10. The summed E-state index contributed by atoms with van der Waals surface area (Å²) < 4.78 is 13.2. The third kappa shape index (κ3) is 7.82. The summed E-state index contributed by atoms with van der Waals surface area (Å²) in [5.74, 6) is -0.267. The van der Waals surface area contributed by atoms with Crippen LogP contribution in [0.25, 0.3) is 0 Å². The Morgan fingerprint density at radius 1 is 1.00 bits per heavy atom. The maximum Gasteiger partial charge on any atom is 0.123 e. The van der Waals surface area contributed by atoms with Crippen LogP contribution < -0.4 is 5.73 Å². The molecule has 1 unspecified atom stereocenters. The molecule has 0 spiro atoms. The van der Waals surface area contributed by atoms with Gasteiger partial charge in [-0.3, -0.25) is 0 Å². The minimum atomic E-state index is -0.267. The van der Waals surface area contributed by atoms with E-state index in [1.165, 1.54) is 63.5 Å². The Morgan fingerprint density at radius 3 is 2.19 bits per heavy atom. The number of rotatable bonds is 11. The van der Waals surface area contributed by atoms with Gasteiger partial charge in [-0.1, -0.05) is 76.3 Å². The van der Waals surface area contributed by atoms with Crippen molar-refractivity contribution in [2.45, 2.75) is 77.2 Å². The number of halogens is 2. The number of nitrogens with two attached hydrogens (primary N) is 1. The zero-order valence-electron chi connectivity index (χ0n) is 13.2. The van der Waals surface area contributed by atoms with E-state index in [4.69, 9.17) is 17.3 Å². The van der Waals surface area contributed by atoms with Gasteiger partial charge in [-0.25, -0.2) is 4.39 Å². The highest BCUT2D eigenvalue weighted by atomic mass is 35.5. The molecule has 0 bridgehead atoms. The van der Waals surface area contributed by atoms with E-state index in [-0.39, 0.29) is 11.9 Å². The SMILES string of the molecule is CCCCCCCCCCCC(N)c1cc(F)ccc1Cl. The molecular formula is C18H29ClFN. The first kappa shape index (κ1) is 18.4. The van der Waals surface area contributed by atoms with Gasteiger partial charge in [-0.05, 0) is 30.2 Å². The third-order valence-corrected chi connectivity index (χ3v) is 4.32. The molecule has 0 aromatic heterocycles. The monoisotopic (exact) mass is 313 g/mol. The lowest BCUT2D eigenvalue weighted by Gasteiger charge is -2.13. The van der Waals surface area contributed by atoms with Crippen molar-refractivity contribution in [3.05, 3.63) is 34.6 Å². The fourth-order valence-corrected chi connectivity index (χ4v) is 2.89. The van der Waals surface area contributed by atoms with Crippen molar-refractivity contribution in [1.82, 2.24) is 0 Å². The average Bonchev–Trinajstić information content (AvgIpc) is 2.48. The predicted octanol–water partition coefficient (Wildman–Crippen LogP) is 6.40. The molecule has 1 rings (SSSR count). The van der Waals surface area contributed by atoms with E-state index < -0.39 is 0 Å². The molecule has 2 N–H and O–H groups in total. The number of unbranched alkanes of at least 4 members (excludes halogenated alkanes) is 8. The summed E-state index contributed by atoms with van der Waals surface area (Å²) in [7, 11) is 0. The smallest absolute Gasteiger partial charge is 0.123 e. The molecule has 0 amide bonds. The minimum absolute atomic E-state index is 0.155. The van der Waals surface area contributed by atoms with Crippen molar-refractivity contribution < 1.29 is 4.39 Å². The Hall–Kier alpha value is -0.600. The van der Waals surface area contributed by atoms with E-state index >= 15 is 0 Å². The normalized spacial score (nSPS) is 12.6. The molecular weight excluding hydrogens is 285 g/mol. The second-order valence-electron chi connectivity index (χ2n) is 5.89. The Kier molecular flexibility index (Phi) is 9.69. The highest BCUT2D eigenvalue weighted by Crippen LogP contribution is 2.26. The molecule has 120 valence electrons. The molecule has 0 radical (unpaired) electrons. The fourth-order valence-electron chi connectivity index (χ4n) is 2.63. The van der Waals surface area contributed by atoms with E-state index in [1.54, 1.807) is 6.07 Å². The van der Waals surface area contributed by atoms with E-state index in [0.29, 0.717) is 5.02 Å². The van der Waals surface area contributed by atoms with Gasteiger partial charge in [-0.15, -0.1) is 0 Å². The Labute approximate surface area is 134 Å². The van der Waals surface area contributed by atoms with E-state index in [2.05, 4.69) is 6.92 Å². The molecule has 0 saturated carbocycles. The van der Waals surface area contributed by atoms with Crippen LogP contribution in [-0.2, 0) is 0 Å². The molecule has 3 heteroatoms. The Bertz CT molecular complexity index is 395. The van der Waals surface area contributed by atoms with Crippen molar-refractivity contribution in [2.24, 2.45) is 5.73 Å². The molecule has 0 aliphatic rings. The summed E-state index contributed by atoms with van der Waals surface area (Å²) in [5.41, 5.74) is 6.84. The molecule has 0 fully saturated rings. The predicted molar refractivity (Wildman–Crippen MR) is 90.2 cm³/mol. The Morgan fingerprint density at radius 2 is 1.57 bits per heavy atom. The van der Waals surface area contributed by atoms with Crippen molar-refractivity contribution in [1.29, 1.82) is 0 Å². The molecule has 0 aliphatic carbocycles. The van der Waals surface area contributed by atoms with Gasteiger partial charge in [0.05, 0.1) is 0 Å². The summed E-state index contributed by atoms with van der Waals surface area (Å²) in [6.07, 6.45) is 12.5. The highest BCUT2D eigenvalue weighted by molar-refractivity contribution is 6.31. The lowest BCUT2D eigenvalue weighted by Crippen LogP contribution is -2.11. The lowest BCUT2D eigenvalue weighted by atomic mass is 10.00. The van der Waals surface area contributed by atoms with Gasteiger partial charge in [0.25, 0.3) is 0 Å². The largest absolute Gasteiger partial charge is 0.324 e. The van der Waals surface area contributed by atoms with E-state index in [0.717, 1.165) is 18.4 Å². The molecule has 1 nitrogen and oxygen atoms in total. The second-order valence-corrected chi connectivity index (χ2v) is 6.30. The molecule has 1 aromatic rings. The van der Waals surface area contributed by atoms with Gasteiger partial charge in [-0.2, -0.15) is 0 Å². The van der Waals surface area contributed by atoms with Crippen LogP contribution in [0, 0.1) is 5.82 Å². The van der Waals surface area contributed by atoms with Gasteiger partial charge in [0.1, 0.15) is 5.82 Å². The molecule has 0 aliphatic heterocycles. The van der Waals surface area contributed by atoms with Crippen LogP contribution in [0.4, 0.5) is 4.39 Å². The Balaban J connectivity index is 2.11. The maximum absolute atomic E-state index is 13.2. The lowest BCUT2D eigenvalue weighted by molar-refractivity contribution is 0.530. The van der Waals surface area contributed by atoms with Crippen molar-refractivity contribution in [3.8, 4) is 0 Å². The summed E-state index contributed by atoms with van der Waals surface area (Å²) in [6, 6.07) is 4.26. The quantitative estimate of drug-likeness (QED) is 0.470. The van der Waals surface area contributed by atoms with Gasteiger partial charge >= 0.3 is 0 Å². The standard InChI is InChI=1S/C18H29ClFN/c1-2-3-4-5-6-7-8-9-10-11-18(21)16-14-15(20)12-13-17(16)19/h12-14,18H,2-11,21H2,1H3. The van der Waals surface area contributed by atoms with Crippen LogP contribution in [0.3, 0.4) is 0 Å². The molecule has 21 heavy (non-hydrogen) atoms. The van der Waals surface area contributed by atoms with Crippen LogP contribution >= 0.6 is 11.6 Å². The summed E-state index contributed by atoms with van der Waals surface area (Å²) in [6.45, 7) is 2.24. The minimum Gasteiger partial charge on any atom is -0.324 e. The van der Waals surface area contributed by atoms with Crippen LogP contribution in [-0.4, -0.2) is 0 Å². The number of benzene rings is 1. The van der Waals surface area contributed by atoms with Crippen molar-refractivity contribution >= 4 is 11.6 Å². The second kappa shape index (κ2) is 11.0. The van der Waals surface area contributed by atoms with Crippen LogP contribution in [0.15, 0.2) is 18.2 Å². The van der Waals surface area contributed by atoms with Crippen molar-refractivity contribution in [3.63, 3.8) is 0 Å². The van der Waals surface area contributed by atoms with Gasteiger partial charge in [0.2, 0.25) is 0 Å². The zero-order valence-corrected chi connectivity index (χ0v) is 14.0. The summed E-state index contributed by atoms with van der Waals surface area (Å²) in [4.78, 5) is 0. The topological polar surface area (TPSA) is 26.0 Å². The van der Waals surface area contributed by atoms with Crippen LogP contribution in [0.2, 0.25) is 5.02 Å². The zero-order chi connectivity index (χ0) is 15.5. The number of hydrogen-bond donors (Lipinski definition) is 1. The summed E-state index contributed by atoms with van der Waals surface area (Å²) in [5, 5.41) is 0.569. The van der Waals surface area contributed by atoms with E-state index in [9.17, 15) is 4.39 Å². The molecule has 1 aromatic carbocycles. The molecule has 0 saturated heterocycles. The van der Waals surface area contributed by atoms with E-state index in [1.807, 2.05) is 0 Å². The van der Waals surface area contributed by atoms with Crippen molar-refractivity contribution in [2.75, 3.05) is 0 Å². The molecule has 0 heterocycles. The van der Waals surface area contributed by atoms with Crippen LogP contribution in [0.5, 0.6) is 0 Å².